The van der Waals surface area contributed by atoms with Crippen LogP contribution in [0.1, 0.15) is 48.3 Å². The summed E-state index contributed by atoms with van der Waals surface area (Å²) in [5, 5.41) is 0. The van der Waals surface area contributed by atoms with Crippen LogP contribution < -0.4 is 0 Å². The minimum absolute atomic E-state index is 0.0240. The van der Waals surface area contributed by atoms with Crippen LogP contribution in [0.4, 0.5) is 4.39 Å². The van der Waals surface area contributed by atoms with Crippen molar-refractivity contribution in [2.75, 3.05) is 19.8 Å². The summed E-state index contributed by atoms with van der Waals surface area (Å²) in [6.45, 7) is 0.933. The minimum atomic E-state index is -0.556. The van der Waals surface area contributed by atoms with E-state index in [1.807, 2.05) is 4.90 Å². The number of carbonyl (C=O) groups is 1. The van der Waals surface area contributed by atoms with E-state index in [0.717, 1.165) is 32.4 Å². The molecule has 4 rings (SSSR count). The molecule has 1 unspecified atom stereocenters. The van der Waals surface area contributed by atoms with Crippen molar-refractivity contribution in [3.05, 3.63) is 71.3 Å². The number of likely N-dealkylation sites (tertiary alicyclic amines) is 1. The molecule has 0 radical (unpaired) electrons. The number of hydrogen-bond acceptors (Lipinski definition) is 1. The molecule has 1 fully saturated rings. The molecular formula is C22H24FNO. The van der Waals surface area contributed by atoms with Crippen LogP contribution in [0.25, 0.3) is 0 Å². The summed E-state index contributed by atoms with van der Waals surface area (Å²) in [5.41, 5.74) is 4.44. The quantitative estimate of drug-likeness (QED) is 0.811. The molecule has 1 aliphatic carbocycles. The molecule has 0 bridgehead atoms. The van der Waals surface area contributed by atoms with Gasteiger partial charge in [-0.3, -0.25) is 9.18 Å². The Morgan fingerprint density at radius 3 is 2.44 bits per heavy atom. The molecule has 130 valence electrons. The Balaban J connectivity index is 1.61. The molecule has 2 aromatic carbocycles. The molecule has 1 aliphatic heterocycles. The van der Waals surface area contributed by atoms with Gasteiger partial charge in [0.15, 0.2) is 0 Å². The Bertz CT molecular complexity index is 750. The third kappa shape index (κ3) is 2.86. The average Bonchev–Trinajstić information content (AvgIpc) is 2.98. The van der Waals surface area contributed by atoms with Crippen LogP contribution in [0.5, 0.6) is 0 Å². The van der Waals surface area contributed by atoms with Crippen molar-refractivity contribution < 1.29 is 9.18 Å². The topological polar surface area (TPSA) is 20.3 Å². The van der Waals surface area contributed by atoms with Gasteiger partial charge in [0.1, 0.15) is 0 Å². The van der Waals surface area contributed by atoms with Gasteiger partial charge in [-0.15, -0.1) is 0 Å². The molecule has 1 atom stereocenters. The molecule has 1 spiro atoms. The van der Waals surface area contributed by atoms with Crippen molar-refractivity contribution >= 4 is 5.91 Å². The second-order valence-corrected chi connectivity index (χ2v) is 7.35. The van der Waals surface area contributed by atoms with E-state index >= 15 is 0 Å². The number of piperidine rings is 1. The van der Waals surface area contributed by atoms with Gasteiger partial charge in [-0.25, -0.2) is 0 Å². The number of halogens is 1. The van der Waals surface area contributed by atoms with Crippen LogP contribution in [0.3, 0.4) is 0 Å². The fourth-order valence-electron chi connectivity index (χ4n) is 4.77. The number of benzene rings is 2. The van der Waals surface area contributed by atoms with Crippen molar-refractivity contribution in [3.63, 3.8) is 0 Å². The lowest BCUT2D eigenvalue weighted by atomic mass is 9.73. The van der Waals surface area contributed by atoms with E-state index in [1.165, 1.54) is 16.7 Å². The van der Waals surface area contributed by atoms with Gasteiger partial charge in [0.2, 0.25) is 5.91 Å². The summed E-state index contributed by atoms with van der Waals surface area (Å²) in [5.74, 6) is 0.397. The Hall–Kier alpha value is -2.16. The standard InChI is InChI=1S/C22H24FNO/c23-13-10-21(25)24-14-11-22(12-15-24)16-19(17-6-2-1-3-7-17)18-8-4-5-9-20(18)22/h1-9,19H,10-16H2. The van der Waals surface area contributed by atoms with Crippen LogP contribution in [0, 0.1) is 0 Å². The molecule has 1 amide bonds. The van der Waals surface area contributed by atoms with E-state index in [9.17, 15) is 9.18 Å². The maximum atomic E-state index is 12.5. The first-order chi connectivity index (χ1) is 12.2. The lowest BCUT2D eigenvalue weighted by Gasteiger charge is -2.40. The Kier molecular flexibility index (Phi) is 4.32. The number of rotatable bonds is 3. The van der Waals surface area contributed by atoms with E-state index in [0.29, 0.717) is 5.92 Å². The van der Waals surface area contributed by atoms with E-state index in [-0.39, 0.29) is 17.7 Å². The van der Waals surface area contributed by atoms with Crippen molar-refractivity contribution in [3.8, 4) is 0 Å². The highest BCUT2D eigenvalue weighted by Gasteiger charge is 2.45. The summed E-state index contributed by atoms with van der Waals surface area (Å²) >= 11 is 0. The summed E-state index contributed by atoms with van der Waals surface area (Å²) in [7, 11) is 0. The first-order valence-electron chi connectivity index (χ1n) is 9.22. The fourth-order valence-corrected chi connectivity index (χ4v) is 4.77. The molecule has 0 N–H and O–H groups in total. The third-order valence-corrected chi connectivity index (χ3v) is 6.09. The maximum Gasteiger partial charge on any atom is 0.225 e. The molecule has 1 heterocycles. The van der Waals surface area contributed by atoms with Gasteiger partial charge >= 0.3 is 0 Å². The number of nitrogens with zero attached hydrogens (tertiary/aromatic N) is 1. The van der Waals surface area contributed by atoms with E-state index < -0.39 is 6.67 Å². The van der Waals surface area contributed by atoms with Crippen LogP contribution >= 0.6 is 0 Å². The molecule has 1 saturated heterocycles. The largest absolute Gasteiger partial charge is 0.343 e. The lowest BCUT2D eigenvalue weighted by molar-refractivity contribution is -0.133. The van der Waals surface area contributed by atoms with Crippen LogP contribution in [0.2, 0.25) is 0 Å². The zero-order chi connectivity index (χ0) is 17.3. The summed E-state index contributed by atoms with van der Waals surface area (Å²) in [6, 6.07) is 19.5. The molecule has 3 heteroatoms. The minimum Gasteiger partial charge on any atom is -0.343 e. The van der Waals surface area contributed by atoms with Crippen molar-refractivity contribution in [1.82, 2.24) is 4.90 Å². The Morgan fingerprint density at radius 2 is 1.72 bits per heavy atom. The second kappa shape index (κ2) is 6.62. The number of hydrogen-bond donors (Lipinski definition) is 0. The Morgan fingerprint density at radius 1 is 1.04 bits per heavy atom. The highest BCUT2D eigenvalue weighted by atomic mass is 19.1. The van der Waals surface area contributed by atoms with Crippen LogP contribution in [-0.2, 0) is 10.2 Å². The fraction of sp³-hybridized carbons (Fsp3) is 0.409. The SMILES string of the molecule is O=C(CCF)N1CCC2(CC1)CC(c1ccccc1)c1ccccc12. The molecule has 2 nitrogen and oxygen atoms in total. The smallest absolute Gasteiger partial charge is 0.225 e. The predicted octanol–water partition coefficient (Wildman–Crippen LogP) is 4.44. The van der Waals surface area contributed by atoms with Gasteiger partial charge in [-0.05, 0) is 41.4 Å². The van der Waals surface area contributed by atoms with Crippen LogP contribution in [-0.4, -0.2) is 30.6 Å². The highest BCUT2D eigenvalue weighted by Crippen LogP contribution is 2.53. The average molecular weight is 337 g/mol. The summed E-state index contributed by atoms with van der Waals surface area (Å²) < 4.78 is 12.5. The lowest BCUT2D eigenvalue weighted by Crippen LogP contribution is -2.44. The number of fused-ring (bicyclic) bond motifs is 2. The van der Waals surface area contributed by atoms with Crippen LogP contribution in [0.15, 0.2) is 54.6 Å². The molecular weight excluding hydrogens is 313 g/mol. The number of carbonyl (C=O) groups excluding carboxylic acids is 1. The zero-order valence-corrected chi connectivity index (χ0v) is 14.5. The highest BCUT2D eigenvalue weighted by molar-refractivity contribution is 5.76. The van der Waals surface area contributed by atoms with Crippen molar-refractivity contribution in [1.29, 1.82) is 0 Å². The van der Waals surface area contributed by atoms with E-state index in [2.05, 4.69) is 54.6 Å². The van der Waals surface area contributed by atoms with Gasteiger partial charge in [-0.2, -0.15) is 0 Å². The summed E-state index contributed by atoms with van der Waals surface area (Å²) in [4.78, 5) is 13.9. The van der Waals surface area contributed by atoms with Gasteiger partial charge in [-0.1, -0.05) is 54.6 Å². The predicted molar refractivity (Wildman–Crippen MR) is 97.4 cm³/mol. The van der Waals surface area contributed by atoms with E-state index in [4.69, 9.17) is 0 Å². The van der Waals surface area contributed by atoms with Crippen molar-refractivity contribution in [2.24, 2.45) is 0 Å². The molecule has 0 aromatic heterocycles. The molecule has 25 heavy (non-hydrogen) atoms. The first kappa shape index (κ1) is 16.3. The van der Waals surface area contributed by atoms with Gasteiger partial charge in [0, 0.05) is 19.0 Å². The van der Waals surface area contributed by atoms with Gasteiger partial charge < -0.3 is 4.90 Å². The maximum absolute atomic E-state index is 12.5. The monoisotopic (exact) mass is 337 g/mol. The Labute approximate surface area is 148 Å². The third-order valence-electron chi connectivity index (χ3n) is 6.09. The molecule has 2 aromatic rings. The first-order valence-corrected chi connectivity index (χ1v) is 9.22. The molecule has 0 saturated carbocycles. The number of alkyl halides is 1. The van der Waals surface area contributed by atoms with Gasteiger partial charge in [0.05, 0.1) is 13.1 Å². The second-order valence-electron chi connectivity index (χ2n) is 7.35. The zero-order valence-electron chi connectivity index (χ0n) is 14.5. The normalized spacial score (nSPS) is 21.3. The van der Waals surface area contributed by atoms with E-state index in [1.54, 1.807) is 0 Å². The molecule has 2 aliphatic rings. The summed E-state index contributed by atoms with van der Waals surface area (Å²) in [6.07, 6.45) is 3.09. The van der Waals surface area contributed by atoms with Gasteiger partial charge in [0.25, 0.3) is 0 Å². The van der Waals surface area contributed by atoms with Crippen molar-refractivity contribution in [2.45, 2.75) is 37.0 Å². The number of amides is 1.